The van der Waals surface area contributed by atoms with E-state index in [9.17, 15) is 0 Å². The second-order valence-electron chi connectivity index (χ2n) is 3.36. The van der Waals surface area contributed by atoms with Gasteiger partial charge in [0.1, 0.15) is 12.6 Å². The second-order valence-corrected chi connectivity index (χ2v) is 4.10. The van der Waals surface area contributed by atoms with Crippen LogP contribution in [-0.2, 0) is 4.74 Å². The molecular weight excluding hydrogens is 221 g/mol. The van der Waals surface area contributed by atoms with E-state index in [1.54, 1.807) is 0 Å². The molecule has 76 valence electrons. The summed E-state index contributed by atoms with van der Waals surface area (Å²) >= 11 is 11.5. The predicted molar refractivity (Wildman–Crippen MR) is 56.6 cm³/mol. The fraction of sp³-hybridized carbons (Fsp3) is 0.400. The van der Waals surface area contributed by atoms with E-state index < -0.39 is 0 Å². The van der Waals surface area contributed by atoms with Crippen molar-refractivity contribution in [2.75, 3.05) is 12.4 Å². The topological polar surface area (TPSA) is 25.8 Å². The van der Waals surface area contributed by atoms with Crippen LogP contribution in [0.1, 0.15) is 11.8 Å². The Hall–Kier alpha value is -0.280. The molecule has 0 radical (unpaired) electrons. The maximum absolute atomic E-state index is 5.80. The molecule has 0 saturated carbocycles. The molecule has 0 spiro atoms. The molecule has 0 unspecified atom stereocenters. The van der Waals surface area contributed by atoms with Crippen LogP contribution in [-0.4, -0.2) is 18.5 Å². The summed E-state index contributed by atoms with van der Waals surface area (Å²) in [5.41, 5.74) is 1.14. The first-order chi connectivity index (χ1) is 6.79. The van der Waals surface area contributed by atoms with Crippen LogP contribution >= 0.6 is 23.2 Å². The fourth-order valence-corrected chi connectivity index (χ4v) is 1.89. The van der Waals surface area contributed by atoms with E-state index in [1.807, 2.05) is 24.3 Å². The minimum Gasteiger partial charge on any atom is -0.315 e. The van der Waals surface area contributed by atoms with Gasteiger partial charge < -0.3 is 10.1 Å². The zero-order valence-corrected chi connectivity index (χ0v) is 9.13. The molecule has 14 heavy (non-hydrogen) atoms. The van der Waals surface area contributed by atoms with Crippen molar-refractivity contribution in [3.8, 4) is 0 Å². The molecule has 2 atom stereocenters. The number of halogens is 2. The zero-order valence-electron chi connectivity index (χ0n) is 7.62. The average Bonchev–Trinajstić information content (AvgIpc) is 2.67. The summed E-state index contributed by atoms with van der Waals surface area (Å²) in [5.74, 6) is 0.556. The molecule has 1 saturated heterocycles. The minimum atomic E-state index is 0.0796. The van der Waals surface area contributed by atoms with E-state index in [4.69, 9.17) is 27.9 Å². The molecule has 1 aromatic rings. The van der Waals surface area contributed by atoms with E-state index in [1.165, 1.54) is 0 Å². The Balaban J connectivity index is 2.06. The molecule has 0 bridgehead atoms. The quantitative estimate of drug-likeness (QED) is 0.770. The lowest BCUT2D eigenvalue weighted by molar-refractivity contribution is -0.697. The van der Waals surface area contributed by atoms with Gasteiger partial charge in [-0.1, -0.05) is 11.6 Å². The van der Waals surface area contributed by atoms with Gasteiger partial charge in [-0.2, -0.15) is 0 Å². The number of hydrogen-bond acceptors (Lipinski definition) is 1. The van der Waals surface area contributed by atoms with Crippen molar-refractivity contribution >= 4 is 23.2 Å². The third-order valence-corrected chi connectivity index (χ3v) is 2.92. The predicted octanol–water partition coefficient (Wildman–Crippen LogP) is 1.54. The molecular formula is C10H12Cl2NO+. The lowest BCUT2D eigenvalue weighted by Gasteiger charge is -2.07. The summed E-state index contributed by atoms with van der Waals surface area (Å²) in [6.45, 7) is 0.927. The maximum atomic E-state index is 5.80. The van der Waals surface area contributed by atoms with Gasteiger partial charge in [0.25, 0.3) is 0 Å². The van der Waals surface area contributed by atoms with Crippen molar-refractivity contribution in [3.63, 3.8) is 0 Å². The highest BCUT2D eigenvalue weighted by atomic mass is 35.5. The number of nitrogens with two attached hydrogens (primary N) is 1. The molecule has 4 heteroatoms. The maximum Gasteiger partial charge on any atom is 0.217 e. The first-order valence-corrected chi connectivity index (χ1v) is 5.51. The van der Waals surface area contributed by atoms with Crippen molar-refractivity contribution in [1.29, 1.82) is 0 Å². The number of benzene rings is 1. The van der Waals surface area contributed by atoms with Crippen LogP contribution in [0.25, 0.3) is 0 Å². The molecule has 2 N–H and O–H groups in total. The molecule has 1 heterocycles. The fourth-order valence-electron chi connectivity index (χ4n) is 1.56. The normalized spacial score (nSPS) is 26.7. The summed E-state index contributed by atoms with van der Waals surface area (Å²) in [6, 6.07) is 7.73. The van der Waals surface area contributed by atoms with Crippen molar-refractivity contribution in [2.45, 2.75) is 12.3 Å². The minimum absolute atomic E-state index is 0.0796. The zero-order chi connectivity index (χ0) is 9.97. The monoisotopic (exact) mass is 232 g/mol. The molecule has 2 rings (SSSR count). The van der Waals surface area contributed by atoms with Crippen LogP contribution in [0.15, 0.2) is 24.3 Å². The highest BCUT2D eigenvalue weighted by molar-refractivity contribution is 6.30. The smallest absolute Gasteiger partial charge is 0.217 e. The summed E-state index contributed by atoms with van der Waals surface area (Å²) < 4.78 is 5.71. The molecule has 0 aliphatic carbocycles. The van der Waals surface area contributed by atoms with Gasteiger partial charge in [0.2, 0.25) is 6.23 Å². The molecule has 0 aromatic heterocycles. The number of alkyl halides is 1. The summed E-state index contributed by atoms with van der Waals surface area (Å²) in [4.78, 5) is 0. The molecule has 1 fully saturated rings. The lowest BCUT2D eigenvalue weighted by Crippen LogP contribution is -2.82. The van der Waals surface area contributed by atoms with Crippen LogP contribution in [0.5, 0.6) is 0 Å². The summed E-state index contributed by atoms with van der Waals surface area (Å²) in [7, 11) is 0. The number of ether oxygens (including phenoxy) is 1. The summed E-state index contributed by atoms with van der Waals surface area (Å²) in [5, 5.41) is 2.90. The van der Waals surface area contributed by atoms with Gasteiger partial charge >= 0.3 is 0 Å². The Morgan fingerprint density at radius 3 is 2.64 bits per heavy atom. The van der Waals surface area contributed by atoms with Crippen molar-refractivity contribution in [2.24, 2.45) is 0 Å². The van der Waals surface area contributed by atoms with Crippen molar-refractivity contribution in [1.82, 2.24) is 0 Å². The Labute approximate surface area is 93.2 Å². The van der Waals surface area contributed by atoms with Crippen molar-refractivity contribution < 1.29 is 10.1 Å². The largest absolute Gasteiger partial charge is 0.315 e. The Kier molecular flexibility index (Phi) is 3.29. The van der Waals surface area contributed by atoms with Crippen LogP contribution in [0.2, 0.25) is 5.02 Å². The van der Waals surface area contributed by atoms with Crippen molar-refractivity contribution in [3.05, 3.63) is 34.9 Å². The van der Waals surface area contributed by atoms with E-state index in [0.717, 1.165) is 17.1 Å². The van der Waals surface area contributed by atoms with Gasteiger partial charge in [-0.25, -0.2) is 0 Å². The average molecular weight is 233 g/mol. The highest BCUT2D eigenvalue weighted by Crippen LogP contribution is 2.18. The van der Waals surface area contributed by atoms with Gasteiger partial charge in [-0.15, -0.1) is 11.6 Å². The van der Waals surface area contributed by atoms with Crippen LogP contribution in [0.4, 0.5) is 0 Å². The van der Waals surface area contributed by atoms with Gasteiger partial charge in [0, 0.05) is 10.6 Å². The first kappa shape index (κ1) is 10.2. The van der Waals surface area contributed by atoms with Crippen LogP contribution in [0.3, 0.4) is 0 Å². The number of quaternary nitrogens is 1. The third kappa shape index (κ3) is 2.20. The molecule has 1 aliphatic rings. The van der Waals surface area contributed by atoms with Crippen LogP contribution in [0, 0.1) is 0 Å². The molecule has 1 aliphatic heterocycles. The Bertz CT molecular complexity index is 301. The number of hydrogen-bond donors (Lipinski definition) is 1. The SMILES string of the molecule is ClC[C@@H]1C[NH2+][C@H](c2ccc(Cl)cc2)O1. The third-order valence-electron chi connectivity index (χ3n) is 2.32. The van der Waals surface area contributed by atoms with E-state index >= 15 is 0 Å². The Morgan fingerprint density at radius 2 is 2.07 bits per heavy atom. The van der Waals surface area contributed by atoms with Gasteiger partial charge in [-0.05, 0) is 24.3 Å². The highest BCUT2D eigenvalue weighted by Gasteiger charge is 2.28. The van der Waals surface area contributed by atoms with Gasteiger partial charge in [0.05, 0.1) is 5.88 Å². The second kappa shape index (κ2) is 4.49. The number of rotatable bonds is 2. The standard InChI is InChI=1S/C10H11Cl2NO/c11-5-9-6-13-10(14-9)7-1-3-8(12)4-2-7/h1-4,9-10,13H,5-6H2/p+1/t9-,10+/m1/s1. The molecule has 2 nitrogen and oxygen atoms in total. The lowest BCUT2D eigenvalue weighted by atomic mass is 10.2. The van der Waals surface area contributed by atoms with Gasteiger partial charge in [-0.3, -0.25) is 0 Å². The van der Waals surface area contributed by atoms with Gasteiger partial charge in [0.15, 0.2) is 0 Å². The molecule has 1 aromatic carbocycles. The van der Waals surface area contributed by atoms with Crippen LogP contribution < -0.4 is 5.32 Å². The first-order valence-electron chi connectivity index (χ1n) is 4.60. The van der Waals surface area contributed by atoms with E-state index in [0.29, 0.717) is 5.88 Å². The summed E-state index contributed by atoms with van der Waals surface area (Å²) in [6.07, 6.45) is 0.244. The van der Waals surface area contributed by atoms with E-state index in [-0.39, 0.29) is 12.3 Å². The van der Waals surface area contributed by atoms with E-state index in [2.05, 4.69) is 5.32 Å². The molecule has 0 amide bonds. The Morgan fingerprint density at radius 1 is 1.36 bits per heavy atom.